The Hall–Kier alpha value is -0.340. The largest absolute Gasteiger partial charge is 0.384 e. The number of nitrogens with zero attached hydrogens (tertiary/aromatic N) is 2. The fourth-order valence-corrected chi connectivity index (χ4v) is 3.32. The molecule has 0 bridgehead atoms. The fraction of sp³-hybridized carbons (Fsp3) is 0.643. The van der Waals surface area contributed by atoms with E-state index in [-0.39, 0.29) is 24.0 Å². The Balaban J connectivity index is 0.00000200. The SMILES string of the molecule is CN=C(NCc1sccc1C)N1CCC(COC)C1.I. The molecule has 0 saturated carbocycles. The number of aliphatic imine (C=N–C) groups is 1. The lowest BCUT2D eigenvalue weighted by Crippen LogP contribution is -2.39. The highest BCUT2D eigenvalue weighted by Gasteiger charge is 2.24. The molecule has 1 aliphatic rings. The van der Waals surface area contributed by atoms with Gasteiger partial charge in [0.2, 0.25) is 0 Å². The summed E-state index contributed by atoms with van der Waals surface area (Å²) in [4.78, 5) is 8.10. The van der Waals surface area contributed by atoms with Crippen LogP contribution in [0, 0.1) is 12.8 Å². The lowest BCUT2D eigenvalue weighted by atomic mass is 10.1. The van der Waals surface area contributed by atoms with Crippen molar-refractivity contribution in [2.45, 2.75) is 19.9 Å². The van der Waals surface area contributed by atoms with E-state index in [1.54, 1.807) is 18.4 Å². The quantitative estimate of drug-likeness (QED) is 0.472. The topological polar surface area (TPSA) is 36.9 Å². The average molecular weight is 409 g/mol. The maximum absolute atomic E-state index is 5.24. The number of nitrogens with one attached hydrogen (secondary N) is 1. The molecule has 1 aliphatic heterocycles. The van der Waals surface area contributed by atoms with Crippen molar-refractivity contribution >= 4 is 41.3 Å². The van der Waals surface area contributed by atoms with Gasteiger partial charge in [0.1, 0.15) is 0 Å². The van der Waals surface area contributed by atoms with E-state index in [2.05, 4.69) is 33.6 Å². The van der Waals surface area contributed by atoms with Gasteiger partial charge in [0.05, 0.1) is 13.2 Å². The van der Waals surface area contributed by atoms with Gasteiger partial charge in [-0.05, 0) is 30.4 Å². The van der Waals surface area contributed by atoms with Crippen LogP contribution < -0.4 is 5.32 Å². The smallest absolute Gasteiger partial charge is 0.193 e. The molecule has 1 fully saturated rings. The number of rotatable bonds is 4. The summed E-state index contributed by atoms with van der Waals surface area (Å²) in [6, 6.07) is 2.16. The van der Waals surface area contributed by atoms with Gasteiger partial charge in [0.25, 0.3) is 0 Å². The summed E-state index contributed by atoms with van der Waals surface area (Å²) in [5, 5.41) is 5.60. The number of aryl methyl sites for hydroxylation is 1. The number of methoxy groups -OCH3 is 1. The third-order valence-electron chi connectivity index (χ3n) is 3.57. The van der Waals surface area contributed by atoms with Gasteiger partial charge in [-0.2, -0.15) is 0 Å². The van der Waals surface area contributed by atoms with E-state index in [0.717, 1.165) is 32.2 Å². The third kappa shape index (κ3) is 4.60. The van der Waals surface area contributed by atoms with Gasteiger partial charge in [-0.15, -0.1) is 35.3 Å². The zero-order chi connectivity index (χ0) is 13.7. The Labute approximate surface area is 142 Å². The van der Waals surface area contributed by atoms with Gasteiger partial charge >= 0.3 is 0 Å². The molecule has 0 aromatic carbocycles. The molecule has 0 aliphatic carbocycles. The zero-order valence-corrected chi connectivity index (χ0v) is 15.5. The van der Waals surface area contributed by atoms with E-state index in [0.29, 0.717) is 5.92 Å². The summed E-state index contributed by atoms with van der Waals surface area (Å²) in [6.07, 6.45) is 1.19. The first kappa shape index (κ1) is 17.7. The summed E-state index contributed by atoms with van der Waals surface area (Å²) in [5.74, 6) is 1.64. The average Bonchev–Trinajstić information content (AvgIpc) is 3.01. The number of thiophene rings is 1. The van der Waals surface area contributed by atoms with Gasteiger partial charge in [-0.25, -0.2) is 0 Å². The first-order valence-corrected chi connectivity index (χ1v) is 7.60. The second-order valence-electron chi connectivity index (χ2n) is 4.98. The number of guanidine groups is 1. The van der Waals surface area contributed by atoms with Crippen LogP contribution in [0.1, 0.15) is 16.9 Å². The zero-order valence-electron chi connectivity index (χ0n) is 12.4. The molecule has 1 aromatic rings. The molecule has 20 heavy (non-hydrogen) atoms. The molecule has 0 radical (unpaired) electrons. The van der Waals surface area contributed by atoms with Crippen molar-refractivity contribution in [3.63, 3.8) is 0 Å². The molecule has 0 amide bonds. The van der Waals surface area contributed by atoms with E-state index < -0.39 is 0 Å². The molecular formula is C14H24IN3OS. The Morgan fingerprint density at radius 1 is 1.60 bits per heavy atom. The van der Waals surface area contributed by atoms with Crippen LogP contribution in [0.3, 0.4) is 0 Å². The van der Waals surface area contributed by atoms with Crippen LogP contribution in [-0.4, -0.2) is 44.7 Å². The fourth-order valence-electron chi connectivity index (χ4n) is 2.47. The van der Waals surface area contributed by atoms with Crippen LogP contribution in [0.15, 0.2) is 16.4 Å². The minimum absolute atomic E-state index is 0. The Bertz CT molecular complexity index is 436. The van der Waals surface area contributed by atoms with Crippen molar-refractivity contribution in [2.24, 2.45) is 10.9 Å². The Kier molecular flexibility index (Phi) is 7.83. The van der Waals surface area contributed by atoms with Crippen LogP contribution in [0.4, 0.5) is 0 Å². The summed E-state index contributed by atoms with van der Waals surface area (Å²) in [7, 11) is 3.63. The highest BCUT2D eigenvalue weighted by atomic mass is 127. The lowest BCUT2D eigenvalue weighted by Gasteiger charge is -2.21. The molecule has 1 atom stereocenters. The van der Waals surface area contributed by atoms with Gasteiger partial charge in [0.15, 0.2) is 5.96 Å². The molecule has 1 unspecified atom stereocenters. The predicted octanol–water partition coefficient (Wildman–Crippen LogP) is 2.72. The molecule has 1 N–H and O–H groups in total. The standard InChI is InChI=1S/C14H23N3OS.HI/c1-11-5-7-19-13(11)8-16-14(15-2)17-6-4-12(9-17)10-18-3;/h5,7,12H,4,6,8-10H2,1-3H3,(H,15,16);1H. The number of likely N-dealkylation sites (tertiary alicyclic amines) is 1. The first-order chi connectivity index (χ1) is 9.24. The first-order valence-electron chi connectivity index (χ1n) is 6.72. The summed E-state index contributed by atoms with van der Waals surface area (Å²) in [5.41, 5.74) is 1.35. The minimum atomic E-state index is 0. The van der Waals surface area contributed by atoms with E-state index in [1.807, 2.05) is 7.05 Å². The summed E-state index contributed by atoms with van der Waals surface area (Å²) in [6.45, 7) is 5.97. The third-order valence-corrected chi connectivity index (χ3v) is 4.60. The summed E-state index contributed by atoms with van der Waals surface area (Å²) >= 11 is 1.80. The maximum Gasteiger partial charge on any atom is 0.193 e. The van der Waals surface area contributed by atoms with Gasteiger partial charge in [-0.1, -0.05) is 0 Å². The summed E-state index contributed by atoms with van der Waals surface area (Å²) < 4.78 is 5.24. The Morgan fingerprint density at radius 3 is 3.00 bits per heavy atom. The van der Waals surface area contributed by atoms with Crippen molar-refractivity contribution in [3.05, 3.63) is 21.9 Å². The molecule has 2 rings (SSSR count). The van der Waals surface area contributed by atoms with Gasteiger partial charge in [-0.3, -0.25) is 4.99 Å². The molecular weight excluding hydrogens is 385 g/mol. The van der Waals surface area contributed by atoms with E-state index >= 15 is 0 Å². The minimum Gasteiger partial charge on any atom is -0.384 e. The molecule has 114 valence electrons. The van der Waals surface area contributed by atoms with Crippen LogP contribution in [0.5, 0.6) is 0 Å². The molecule has 0 spiro atoms. The van der Waals surface area contributed by atoms with E-state index in [1.165, 1.54) is 16.9 Å². The van der Waals surface area contributed by atoms with Gasteiger partial charge < -0.3 is 15.0 Å². The van der Waals surface area contributed by atoms with Crippen LogP contribution in [0.25, 0.3) is 0 Å². The highest BCUT2D eigenvalue weighted by molar-refractivity contribution is 14.0. The normalized spacial score (nSPS) is 19.1. The van der Waals surface area contributed by atoms with Crippen molar-refractivity contribution in [3.8, 4) is 0 Å². The van der Waals surface area contributed by atoms with Crippen LogP contribution in [0.2, 0.25) is 0 Å². The maximum atomic E-state index is 5.24. The van der Waals surface area contributed by atoms with Crippen LogP contribution >= 0.6 is 35.3 Å². The van der Waals surface area contributed by atoms with Crippen molar-refractivity contribution in [1.82, 2.24) is 10.2 Å². The second-order valence-corrected chi connectivity index (χ2v) is 5.98. The van der Waals surface area contributed by atoms with Crippen molar-refractivity contribution in [1.29, 1.82) is 0 Å². The van der Waals surface area contributed by atoms with Crippen molar-refractivity contribution in [2.75, 3.05) is 33.9 Å². The lowest BCUT2D eigenvalue weighted by molar-refractivity contribution is 0.157. The Morgan fingerprint density at radius 2 is 2.40 bits per heavy atom. The molecule has 4 nitrogen and oxygen atoms in total. The predicted molar refractivity (Wildman–Crippen MR) is 96.2 cm³/mol. The van der Waals surface area contributed by atoms with Crippen LogP contribution in [-0.2, 0) is 11.3 Å². The number of hydrogen-bond acceptors (Lipinski definition) is 3. The van der Waals surface area contributed by atoms with E-state index in [9.17, 15) is 0 Å². The van der Waals surface area contributed by atoms with Crippen molar-refractivity contribution < 1.29 is 4.74 Å². The molecule has 1 aromatic heterocycles. The molecule has 2 heterocycles. The van der Waals surface area contributed by atoms with Gasteiger partial charge in [0, 0.05) is 38.0 Å². The number of halogens is 1. The second kappa shape index (κ2) is 8.84. The molecule has 1 saturated heterocycles. The molecule has 6 heteroatoms. The highest BCUT2D eigenvalue weighted by Crippen LogP contribution is 2.18. The van der Waals surface area contributed by atoms with E-state index in [4.69, 9.17) is 4.74 Å². The number of hydrogen-bond donors (Lipinski definition) is 1. The monoisotopic (exact) mass is 409 g/mol. The number of ether oxygens (including phenoxy) is 1.